The van der Waals surface area contributed by atoms with Gasteiger partial charge in [-0.05, 0) is 67.9 Å². The largest absolute Gasteiger partial charge is 0.573 e. The van der Waals surface area contributed by atoms with Gasteiger partial charge in [0.2, 0.25) is 0 Å². The minimum absolute atomic E-state index is 0.00116. The third-order valence-corrected chi connectivity index (χ3v) is 5.91. The van der Waals surface area contributed by atoms with Gasteiger partial charge in [0.1, 0.15) is 5.75 Å². The summed E-state index contributed by atoms with van der Waals surface area (Å²) in [5, 5.41) is 0.225. The van der Waals surface area contributed by atoms with Gasteiger partial charge in [-0.3, -0.25) is 14.5 Å². The van der Waals surface area contributed by atoms with E-state index >= 15 is 0 Å². The molecule has 0 saturated heterocycles. The van der Waals surface area contributed by atoms with Crippen LogP contribution in [0.2, 0.25) is 5.02 Å². The number of anilines is 1. The number of carbonyl (C=O) groups excluding carboxylic acids is 1. The van der Waals surface area contributed by atoms with Crippen molar-refractivity contribution in [2.45, 2.75) is 25.1 Å². The van der Waals surface area contributed by atoms with Crippen LogP contribution in [0.15, 0.2) is 59.6 Å². The highest BCUT2D eigenvalue weighted by Gasteiger charge is 2.31. The van der Waals surface area contributed by atoms with Crippen LogP contribution in [0.1, 0.15) is 27.2 Å². The standard InChI is InChI=1S/C21H16ClF3N2O4S/c1-12-9-15(22)10-18(20(28)14-4-3-13(2)26-11-14)19(12)27-32(29,30)17-7-5-16(6-8-17)31-21(23,24)25/h3-11,27H,1-2H3. The molecule has 11 heteroatoms. The lowest BCUT2D eigenvalue weighted by atomic mass is 10.0. The average Bonchev–Trinajstić information content (AvgIpc) is 2.69. The molecule has 0 aliphatic carbocycles. The molecule has 3 rings (SSSR count). The number of aryl methyl sites for hydroxylation is 2. The Morgan fingerprint density at radius 1 is 1.06 bits per heavy atom. The molecule has 0 aliphatic rings. The monoisotopic (exact) mass is 484 g/mol. The maximum atomic E-state index is 13.0. The maximum absolute atomic E-state index is 13.0. The number of alkyl halides is 3. The highest BCUT2D eigenvalue weighted by atomic mass is 35.5. The van der Waals surface area contributed by atoms with E-state index in [-0.39, 0.29) is 26.7 Å². The summed E-state index contributed by atoms with van der Waals surface area (Å²) in [6.07, 6.45) is -3.54. The molecule has 168 valence electrons. The number of carbonyl (C=O) groups is 1. The second-order valence-electron chi connectivity index (χ2n) is 6.79. The number of pyridine rings is 1. The average molecular weight is 485 g/mol. The number of sulfonamides is 1. The van der Waals surface area contributed by atoms with Crippen LogP contribution in [-0.4, -0.2) is 25.5 Å². The number of aromatic nitrogens is 1. The molecule has 0 fully saturated rings. The molecular formula is C21H16ClF3N2O4S. The zero-order valence-electron chi connectivity index (χ0n) is 16.7. The van der Waals surface area contributed by atoms with Crippen LogP contribution in [0.3, 0.4) is 0 Å². The number of ketones is 1. The van der Waals surface area contributed by atoms with Crippen LogP contribution in [0.4, 0.5) is 18.9 Å². The number of rotatable bonds is 6. The van der Waals surface area contributed by atoms with Crippen molar-refractivity contribution < 1.29 is 31.1 Å². The zero-order chi connectivity index (χ0) is 23.7. The first kappa shape index (κ1) is 23.6. The van der Waals surface area contributed by atoms with Gasteiger partial charge in [0.25, 0.3) is 10.0 Å². The van der Waals surface area contributed by atoms with Crippen molar-refractivity contribution in [2.24, 2.45) is 0 Å². The zero-order valence-corrected chi connectivity index (χ0v) is 18.3. The Bertz CT molecular complexity index is 1260. The summed E-state index contributed by atoms with van der Waals surface area (Å²) >= 11 is 6.09. The number of nitrogens with one attached hydrogen (secondary N) is 1. The minimum atomic E-state index is -4.90. The van der Waals surface area contributed by atoms with Crippen LogP contribution in [0.5, 0.6) is 5.75 Å². The van der Waals surface area contributed by atoms with Crippen LogP contribution in [-0.2, 0) is 10.0 Å². The van der Waals surface area contributed by atoms with Crippen LogP contribution in [0.25, 0.3) is 0 Å². The van der Waals surface area contributed by atoms with Crippen LogP contribution in [0, 0.1) is 13.8 Å². The molecule has 3 aromatic rings. The molecule has 32 heavy (non-hydrogen) atoms. The van der Waals surface area contributed by atoms with Crippen LogP contribution < -0.4 is 9.46 Å². The Balaban J connectivity index is 1.97. The van der Waals surface area contributed by atoms with Crippen molar-refractivity contribution in [3.05, 3.63) is 82.1 Å². The van der Waals surface area contributed by atoms with Gasteiger partial charge in [0.15, 0.2) is 5.78 Å². The van der Waals surface area contributed by atoms with E-state index in [0.717, 1.165) is 24.3 Å². The Kier molecular flexibility index (Phi) is 6.47. The molecule has 0 spiro atoms. The molecule has 6 nitrogen and oxygen atoms in total. The lowest BCUT2D eigenvalue weighted by molar-refractivity contribution is -0.274. The number of benzene rings is 2. The van der Waals surface area contributed by atoms with Gasteiger partial charge in [-0.2, -0.15) is 0 Å². The SMILES string of the molecule is Cc1ccc(C(=O)c2cc(Cl)cc(C)c2NS(=O)(=O)c2ccc(OC(F)(F)F)cc2)cn1. The van der Waals surface area contributed by atoms with Crippen molar-refractivity contribution in [3.63, 3.8) is 0 Å². The molecule has 1 aromatic heterocycles. The summed E-state index contributed by atoms with van der Waals surface area (Å²) in [4.78, 5) is 16.8. The van der Waals surface area contributed by atoms with Gasteiger partial charge in [0, 0.05) is 28.0 Å². The van der Waals surface area contributed by atoms with Gasteiger partial charge in [0.05, 0.1) is 10.6 Å². The van der Waals surface area contributed by atoms with E-state index in [0.29, 0.717) is 11.3 Å². The van der Waals surface area contributed by atoms with Crippen molar-refractivity contribution in [3.8, 4) is 5.75 Å². The Morgan fingerprint density at radius 3 is 2.28 bits per heavy atom. The highest BCUT2D eigenvalue weighted by molar-refractivity contribution is 7.92. The summed E-state index contributed by atoms with van der Waals surface area (Å²) < 4.78 is 68.8. The van der Waals surface area contributed by atoms with E-state index in [1.54, 1.807) is 26.0 Å². The summed E-state index contributed by atoms with van der Waals surface area (Å²) in [6.45, 7) is 3.32. The summed E-state index contributed by atoms with van der Waals surface area (Å²) in [6, 6.07) is 9.66. The van der Waals surface area contributed by atoms with Crippen molar-refractivity contribution >= 4 is 33.1 Å². The third-order valence-electron chi connectivity index (χ3n) is 4.32. The first-order chi connectivity index (χ1) is 14.9. The first-order valence-electron chi connectivity index (χ1n) is 9.02. The Labute approximate surface area is 187 Å². The quantitative estimate of drug-likeness (QED) is 0.481. The topological polar surface area (TPSA) is 85.4 Å². The molecule has 0 atom stereocenters. The van der Waals surface area contributed by atoms with E-state index in [4.69, 9.17) is 11.6 Å². The summed E-state index contributed by atoms with van der Waals surface area (Å²) in [5.74, 6) is -1.07. The number of halogens is 4. The molecular weight excluding hydrogens is 469 g/mol. The van der Waals surface area contributed by atoms with Gasteiger partial charge >= 0.3 is 6.36 Å². The van der Waals surface area contributed by atoms with Gasteiger partial charge in [-0.25, -0.2) is 8.42 Å². The van der Waals surface area contributed by atoms with E-state index in [2.05, 4.69) is 14.4 Å². The first-order valence-corrected chi connectivity index (χ1v) is 10.9. The molecule has 1 N–H and O–H groups in total. The van der Waals surface area contributed by atoms with Gasteiger partial charge in [-0.1, -0.05) is 11.6 Å². The van der Waals surface area contributed by atoms with E-state index < -0.39 is 27.9 Å². The molecule has 1 heterocycles. The fraction of sp³-hybridized carbons (Fsp3) is 0.143. The molecule has 0 unspecified atom stereocenters. The molecule has 0 amide bonds. The lowest BCUT2D eigenvalue weighted by Crippen LogP contribution is -2.18. The smallest absolute Gasteiger partial charge is 0.406 e. The molecule has 0 saturated carbocycles. The van der Waals surface area contributed by atoms with Gasteiger partial charge < -0.3 is 4.74 Å². The third kappa shape index (κ3) is 5.57. The minimum Gasteiger partial charge on any atom is -0.406 e. The summed E-state index contributed by atoms with van der Waals surface area (Å²) in [7, 11) is -4.25. The van der Waals surface area contributed by atoms with Crippen molar-refractivity contribution in [2.75, 3.05) is 4.72 Å². The fourth-order valence-corrected chi connectivity index (χ4v) is 4.25. The van der Waals surface area contributed by atoms with Crippen molar-refractivity contribution in [1.29, 1.82) is 0 Å². The predicted octanol–water partition coefficient (Wildman–Crippen LogP) is 5.28. The Hall–Kier alpha value is -3.11. The highest BCUT2D eigenvalue weighted by Crippen LogP contribution is 2.30. The predicted molar refractivity (Wildman–Crippen MR) is 113 cm³/mol. The summed E-state index contributed by atoms with van der Waals surface area (Å²) in [5.41, 5.74) is 1.30. The van der Waals surface area contributed by atoms with E-state index in [1.165, 1.54) is 18.3 Å². The molecule has 0 bridgehead atoms. The lowest BCUT2D eigenvalue weighted by Gasteiger charge is -2.16. The fourth-order valence-electron chi connectivity index (χ4n) is 2.83. The second kappa shape index (κ2) is 8.79. The number of nitrogens with zero attached hydrogens (tertiary/aromatic N) is 1. The molecule has 0 radical (unpaired) electrons. The number of ether oxygens (including phenoxy) is 1. The maximum Gasteiger partial charge on any atom is 0.573 e. The Morgan fingerprint density at radius 2 is 1.72 bits per heavy atom. The number of hydrogen-bond acceptors (Lipinski definition) is 5. The second-order valence-corrected chi connectivity index (χ2v) is 8.91. The van der Waals surface area contributed by atoms with E-state index in [9.17, 15) is 26.4 Å². The normalized spacial score (nSPS) is 11.8. The van der Waals surface area contributed by atoms with Crippen molar-refractivity contribution in [1.82, 2.24) is 4.98 Å². The van der Waals surface area contributed by atoms with Crippen LogP contribution >= 0.6 is 11.6 Å². The molecule has 0 aliphatic heterocycles. The van der Waals surface area contributed by atoms with Gasteiger partial charge in [-0.15, -0.1) is 13.2 Å². The van der Waals surface area contributed by atoms with E-state index in [1.807, 2.05) is 0 Å². The molecule has 2 aromatic carbocycles. The number of hydrogen-bond donors (Lipinski definition) is 1.